The minimum atomic E-state index is 0.392. The molecule has 1 rings (SSSR count). The number of hydrogen-bond acceptors (Lipinski definition) is 2. The van der Waals surface area contributed by atoms with E-state index in [1.54, 1.807) is 0 Å². The molecule has 0 unspecified atom stereocenters. The second-order valence-corrected chi connectivity index (χ2v) is 3.84. The van der Waals surface area contributed by atoms with Crippen molar-refractivity contribution in [2.24, 2.45) is 0 Å². The number of rotatable bonds is 0. The van der Waals surface area contributed by atoms with Gasteiger partial charge in [-0.3, -0.25) is 4.72 Å². The van der Waals surface area contributed by atoms with Crippen molar-refractivity contribution < 1.29 is 0 Å². The molecule has 2 heteroatoms. The molecule has 1 saturated heterocycles. The van der Waals surface area contributed by atoms with Crippen molar-refractivity contribution in [3.8, 4) is 0 Å². The van der Waals surface area contributed by atoms with Gasteiger partial charge in [0.1, 0.15) is 0 Å². The maximum Gasteiger partial charge on any atom is 0.0227 e. The molecule has 8 heavy (non-hydrogen) atoms. The maximum atomic E-state index is 3.38. The Bertz CT molecular complexity index is 72.6. The smallest absolute Gasteiger partial charge is 0.0227 e. The molecule has 0 spiro atoms. The first-order chi connectivity index (χ1) is 3.71. The van der Waals surface area contributed by atoms with Crippen molar-refractivity contribution in [1.82, 2.24) is 4.72 Å². The average Bonchev–Trinajstić information content (AvgIpc) is 1.65. The Balaban J connectivity index is 2.33. The van der Waals surface area contributed by atoms with Crippen molar-refractivity contribution in [3.63, 3.8) is 0 Å². The van der Waals surface area contributed by atoms with E-state index < -0.39 is 0 Å². The van der Waals surface area contributed by atoms with Crippen LogP contribution in [0, 0.1) is 0 Å². The Morgan fingerprint density at radius 3 is 2.50 bits per heavy atom. The Hall–Kier alpha value is 0.310. The van der Waals surface area contributed by atoms with Crippen LogP contribution in [0.1, 0.15) is 26.7 Å². The fraction of sp³-hybridized carbons (Fsp3) is 1.00. The summed E-state index contributed by atoms with van der Waals surface area (Å²) in [6, 6.07) is 0. The SMILES string of the molecule is CC1(C)CCCSN1. The summed E-state index contributed by atoms with van der Waals surface area (Å²) in [7, 11) is 0. The maximum absolute atomic E-state index is 3.38. The van der Waals surface area contributed by atoms with Gasteiger partial charge in [-0.1, -0.05) is 11.9 Å². The van der Waals surface area contributed by atoms with E-state index >= 15 is 0 Å². The van der Waals surface area contributed by atoms with Crippen LogP contribution in [0.2, 0.25) is 0 Å². The topological polar surface area (TPSA) is 12.0 Å². The quantitative estimate of drug-likeness (QED) is 0.503. The van der Waals surface area contributed by atoms with Crippen molar-refractivity contribution in [1.29, 1.82) is 0 Å². The van der Waals surface area contributed by atoms with Crippen LogP contribution in [-0.2, 0) is 0 Å². The first kappa shape index (κ1) is 6.43. The van der Waals surface area contributed by atoms with Gasteiger partial charge in [0, 0.05) is 11.3 Å². The molecule has 1 heterocycles. The van der Waals surface area contributed by atoms with Gasteiger partial charge in [0.25, 0.3) is 0 Å². The van der Waals surface area contributed by atoms with Crippen LogP contribution in [0.5, 0.6) is 0 Å². The summed E-state index contributed by atoms with van der Waals surface area (Å²) in [5, 5.41) is 0. The predicted molar refractivity (Wildman–Crippen MR) is 38.9 cm³/mol. The molecule has 0 radical (unpaired) electrons. The first-order valence-corrected chi connectivity index (χ1v) is 4.08. The highest BCUT2D eigenvalue weighted by molar-refractivity contribution is 7.97. The van der Waals surface area contributed by atoms with Crippen molar-refractivity contribution in [2.45, 2.75) is 32.2 Å². The van der Waals surface area contributed by atoms with Crippen LogP contribution >= 0.6 is 11.9 Å². The minimum absolute atomic E-state index is 0.392. The number of hydrogen-bond donors (Lipinski definition) is 1. The van der Waals surface area contributed by atoms with Gasteiger partial charge in [-0.2, -0.15) is 0 Å². The van der Waals surface area contributed by atoms with Crippen LogP contribution in [0.4, 0.5) is 0 Å². The lowest BCUT2D eigenvalue weighted by molar-refractivity contribution is 0.426. The summed E-state index contributed by atoms with van der Waals surface area (Å²) < 4.78 is 3.38. The second kappa shape index (κ2) is 2.28. The van der Waals surface area contributed by atoms with Gasteiger partial charge in [0.05, 0.1) is 0 Å². The minimum Gasteiger partial charge on any atom is -0.259 e. The molecule has 0 aromatic carbocycles. The van der Waals surface area contributed by atoms with Crippen molar-refractivity contribution in [2.75, 3.05) is 5.75 Å². The third-order valence-electron chi connectivity index (χ3n) is 1.40. The molecule has 0 aromatic rings. The molecule has 1 aliphatic heterocycles. The zero-order valence-corrected chi connectivity index (χ0v) is 6.35. The van der Waals surface area contributed by atoms with E-state index in [-0.39, 0.29) is 0 Å². The van der Waals surface area contributed by atoms with Crippen LogP contribution in [0.25, 0.3) is 0 Å². The monoisotopic (exact) mass is 131 g/mol. The molecule has 1 N–H and O–H groups in total. The highest BCUT2D eigenvalue weighted by atomic mass is 32.2. The summed E-state index contributed by atoms with van der Waals surface area (Å²) >= 11 is 1.85. The zero-order valence-electron chi connectivity index (χ0n) is 5.53. The van der Waals surface area contributed by atoms with Crippen LogP contribution in [0.15, 0.2) is 0 Å². The number of nitrogens with one attached hydrogen (secondary N) is 1. The fourth-order valence-corrected chi connectivity index (χ4v) is 1.77. The molecular weight excluding hydrogens is 118 g/mol. The lowest BCUT2D eigenvalue weighted by Crippen LogP contribution is -2.37. The van der Waals surface area contributed by atoms with Gasteiger partial charge in [-0.05, 0) is 26.7 Å². The molecule has 0 aliphatic carbocycles. The zero-order chi connectivity index (χ0) is 6.04. The summed E-state index contributed by atoms with van der Waals surface area (Å²) in [6.45, 7) is 4.50. The highest BCUT2D eigenvalue weighted by Crippen LogP contribution is 2.21. The van der Waals surface area contributed by atoms with E-state index in [9.17, 15) is 0 Å². The average molecular weight is 131 g/mol. The van der Waals surface area contributed by atoms with E-state index in [1.807, 2.05) is 11.9 Å². The molecule has 48 valence electrons. The molecule has 0 amide bonds. The van der Waals surface area contributed by atoms with E-state index in [1.165, 1.54) is 18.6 Å². The molecule has 1 nitrogen and oxygen atoms in total. The van der Waals surface area contributed by atoms with Crippen LogP contribution < -0.4 is 4.72 Å². The first-order valence-electron chi connectivity index (χ1n) is 3.10. The molecular formula is C6H13NS. The van der Waals surface area contributed by atoms with E-state index in [0.29, 0.717) is 5.54 Å². The largest absolute Gasteiger partial charge is 0.259 e. The summed E-state index contributed by atoms with van der Waals surface area (Å²) in [4.78, 5) is 0. The van der Waals surface area contributed by atoms with Gasteiger partial charge in [0.15, 0.2) is 0 Å². The standard InChI is InChI=1S/C6H13NS/c1-6(2)4-3-5-8-7-6/h7H,3-5H2,1-2H3. The van der Waals surface area contributed by atoms with Gasteiger partial charge in [0.2, 0.25) is 0 Å². The molecule has 1 aliphatic rings. The fourth-order valence-electron chi connectivity index (χ4n) is 0.884. The second-order valence-electron chi connectivity index (χ2n) is 2.94. The Morgan fingerprint density at radius 2 is 2.25 bits per heavy atom. The molecule has 0 bridgehead atoms. The third kappa shape index (κ3) is 1.67. The van der Waals surface area contributed by atoms with Gasteiger partial charge < -0.3 is 0 Å². The Kier molecular flexibility index (Phi) is 1.83. The summed E-state index contributed by atoms with van der Waals surface area (Å²) in [5.41, 5.74) is 0.392. The predicted octanol–water partition coefficient (Wildman–Crippen LogP) is 1.80. The Morgan fingerprint density at radius 1 is 1.50 bits per heavy atom. The van der Waals surface area contributed by atoms with E-state index in [0.717, 1.165) is 0 Å². The van der Waals surface area contributed by atoms with E-state index in [4.69, 9.17) is 0 Å². The normalized spacial score (nSPS) is 27.8. The molecule has 0 saturated carbocycles. The van der Waals surface area contributed by atoms with Gasteiger partial charge in [-0.25, -0.2) is 0 Å². The lowest BCUT2D eigenvalue weighted by Gasteiger charge is -2.29. The van der Waals surface area contributed by atoms with Crippen LogP contribution in [-0.4, -0.2) is 11.3 Å². The summed E-state index contributed by atoms with van der Waals surface area (Å²) in [5.74, 6) is 1.28. The molecule has 1 fully saturated rings. The van der Waals surface area contributed by atoms with Gasteiger partial charge >= 0.3 is 0 Å². The molecule has 0 aromatic heterocycles. The summed E-state index contributed by atoms with van der Waals surface area (Å²) in [6.07, 6.45) is 2.69. The Labute approximate surface area is 55.4 Å². The highest BCUT2D eigenvalue weighted by Gasteiger charge is 2.19. The van der Waals surface area contributed by atoms with Crippen molar-refractivity contribution >= 4 is 11.9 Å². The van der Waals surface area contributed by atoms with Gasteiger partial charge in [-0.15, -0.1) is 0 Å². The van der Waals surface area contributed by atoms with Crippen LogP contribution in [0.3, 0.4) is 0 Å². The third-order valence-corrected chi connectivity index (χ3v) is 2.59. The van der Waals surface area contributed by atoms with Crippen molar-refractivity contribution in [3.05, 3.63) is 0 Å². The van der Waals surface area contributed by atoms with E-state index in [2.05, 4.69) is 18.6 Å². The molecule has 0 atom stereocenters. The lowest BCUT2D eigenvalue weighted by atomic mass is 10.0.